The number of thiophene rings is 1. The molecule has 2 aromatic heterocycles. The molecule has 0 spiro atoms. The summed E-state index contributed by atoms with van der Waals surface area (Å²) in [6.07, 6.45) is 2.91. The van der Waals surface area contributed by atoms with Crippen LogP contribution in [-0.4, -0.2) is 48.1 Å². The van der Waals surface area contributed by atoms with Crippen LogP contribution in [0.3, 0.4) is 0 Å². The third-order valence-corrected chi connectivity index (χ3v) is 5.96. The Bertz CT molecular complexity index is 651. The van der Waals surface area contributed by atoms with Crippen molar-refractivity contribution in [1.82, 2.24) is 14.9 Å². The average Bonchev–Trinajstić information content (AvgIpc) is 2.73. The molecule has 0 unspecified atom stereocenters. The highest BCUT2D eigenvalue weighted by molar-refractivity contribution is 7.18. The number of aromatic nitrogens is 2. The molecule has 3 rings (SSSR count). The maximum Gasteiger partial charge on any atom is 0.141 e. The molecule has 1 aliphatic rings. The van der Waals surface area contributed by atoms with Crippen molar-refractivity contribution in [2.24, 2.45) is 5.92 Å². The van der Waals surface area contributed by atoms with Crippen LogP contribution < -0.4 is 4.90 Å². The molecule has 0 bridgehead atoms. The molecule has 0 saturated carbocycles. The summed E-state index contributed by atoms with van der Waals surface area (Å²) in [5.74, 6) is 1.75. The molecule has 0 aliphatic carbocycles. The van der Waals surface area contributed by atoms with E-state index in [4.69, 9.17) is 0 Å². The molecule has 2 atom stereocenters. The van der Waals surface area contributed by atoms with Gasteiger partial charge in [0.05, 0.1) is 5.39 Å². The van der Waals surface area contributed by atoms with Crippen LogP contribution in [0, 0.1) is 19.8 Å². The predicted molar refractivity (Wildman–Crippen MR) is 90.4 cm³/mol. The summed E-state index contributed by atoms with van der Waals surface area (Å²) in [5, 5.41) is 1.24. The Morgan fingerprint density at radius 2 is 2.10 bits per heavy atom. The molecule has 114 valence electrons. The molecule has 3 heterocycles. The number of fused-ring (bicyclic) bond motifs is 1. The summed E-state index contributed by atoms with van der Waals surface area (Å²) >= 11 is 1.77. The van der Waals surface area contributed by atoms with Crippen molar-refractivity contribution in [2.45, 2.75) is 33.2 Å². The fourth-order valence-electron chi connectivity index (χ4n) is 3.51. The average molecular weight is 304 g/mol. The van der Waals surface area contributed by atoms with Gasteiger partial charge in [-0.05, 0) is 45.3 Å². The molecular weight excluding hydrogens is 280 g/mol. The second kappa shape index (κ2) is 5.54. The third kappa shape index (κ3) is 2.53. The van der Waals surface area contributed by atoms with E-state index in [1.165, 1.54) is 22.2 Å². The van der Waals surface area contributed by atoms with E-state index in [0.717, 1.165) is 23.7 Å². The van der Waals surface area contributed by atoms with E-state index in [1.807, 2.05) is 0 Å². The van der Waals surface area contributed by atoms with Gasteiger partial charge in [0.1, 0.15) is 17.0 Å². The molecule has 1 saturated heterocycles. The number of hydrogen-bond acceptors (Lipinski definition) is 5. The molecule has 0 aromatic carbocycles. The second-order valence-corrected chi connectivity index (χ2v) is 7.57. The SMILES string of the molecule is Cc1sc2ncnc(N(C)[C@H]3CCN(C)C[C@@H]3C)c2c1C. The molecule has 0 amide bonds. The lowest BCUT2D eigenvalue weighted by Crippen LogP contribution is -2.48. The van der Waals surface area contributed by atoms with Crippen LogP contribution in [0.25, 0.3) is 10.2 Å². The van der Waals surface area contributed by atoms with Crippen molar-refractivity contribution >= 4 is 27.4 Å². The maximum absolute atomic E-state index is 4.62. The van der Waals surface area contributed by atoms with Crippen molar-refractivity contribution in [1.29, 1.82) is 0 Å². The summed E-state index contributed by atoms with van der Waals surface area (Å²) in [6.45, 7) is 9.03. The van der Waals surface area contributed by atoms with Gasteiger partial charge in [0, 0.05) is 24.5 Å². The van der Waals surface area contributed by atoms with Crippen molar-refractivity contribution < 1.29 is 0 Å². The van der Waals surface area contributed by atoms with E-state index in [2.05, 4.69) is 54.6 Å². The van der Waals surface area contributed by atoms with Crippen LogP contribution >= 0.6 is 11.3 Å². The molecular formula is C16H24N4S. The molecule has 1 aliphatic heterocycles. The minimum absolute atomic E-state index is 0.555. The van der Waals surface area contributed by atoms with Crippen molar-refractivity contribution in [3.05, 3.63) is 16.8 Å². The largest absolute Gasteiger partial charge is 0.356 e. The molecule has 2 aromatic rings. The first-order chi connectivity index (χ1) is 9.99. The highest BCUT2D eigenvalue weighted by atomic mass is 32.1. The highest BCUT2D eigenvalue weighted by Gasteiger charge is 2.29. The molecule has 0 radical (unpaired) electrons. The minimum atomic E-state index is 0.555. The minimum Gasteiger partial charge on any atom is -0.356 e. The van der Waals surface area contributed by atoms with E-state index < -0.39 is 0 Å². The summed E-state index contributed by atoms with van der Waals surface area (Å²) in [5.41, 5.74) is 1.33. The van der Waals surface area contributed by atoms with Gasteiger partial charge in [0.15, 0.2) is 0 Å². The molecule has 0 N–H and O–H groups in total. The number of rotatable bonds is 2. The van der Waals surface area contributed by atoms with Crippen LogP contribution in [0.2, 0.25) is 0 Å². The number of piperidine rings is 1. The lowest BCUT2D eigenvalue weighted by molar-refractivity contribution is 0.193. The van der Waals surface area contributed by atoms with Crippen molar-refractivity contribution in [2.75, 3.05) is 32.1 Å². The van der Waals surface area contributed by atoms with Crippen molar-refractivity contribution in [3.8, 4) is 0 Å². The fourth-order valence-corrected chi connectivity index (χ4v) is 4.50. The van der Waals surface area contributed by atoms with Gasteiger partial charge in [0.2, 0.25) is 0 Å². The van der Waals surface area contributed by atoms with Gasteiger partial charge >= 0.3 is 0 Å². The summed E-state index contributed by atoms with van der Waals surface area (Å²) in [6, 6.07) is 0.555. The number of hydrogen-bond donors (Lipinski definition) is 0. The summed E-state index contributed by atoms with van der Waals surface area (Å²) in [7, 11) is 4.41. The fraction of sp³-hybridized carbons (Fsp3) is 0.625. The van der Waals surface area contributed by atoms with Gasteiger partial charge in [0.25, 0.3) is 0 Å². The normalized spacial score (nSPS) is 23.7. The van der Waals surface area contributed by atoms with Crippen molar-refractivity contribution in [3.63, 3.8) is 0 Å². The zero-order valence-electron chi connectivity index (χ0n) is 13.6. The van der Waals surface area contributed by atoms with E-state index in [-0.39, 0.29) is 0 Å². The van der Waals surface area contributed by atoms with E-state index in [1.54, 1.807) is 17.7 Å². The van der Waals surface area contributed by atoms with Gasteiger partial charge in [-0.3, -0.25) is 0 Å². The van der Waals surface area contributed by atoms with Gasteiger partial charge in [-0.25, -0.2) is 9.97 Å². The van der Waals surface area contributed by atoms with Crippen LogP contribution in [0.15, 0.2) is 6.33 Å². The van der Waals surface area contributed by atoms with Gasteiger partial charge < -0.3 is 9.80 Å². The lowest BCUT2D eigenvalue weighted by atomic mass is 9.93. The van der Waals surface area contributed by atoms with Crippen LogP contribution in [0.5, 0.6) is 0 Å². The predicted octanol–water partition coefficient (Wildman–Crippen LogP) is 3.08. The third-order valence-electron chi connectivity index (χ3n) is 4.84. The highest BCUT2D eigenvalue weighted by Crippen LogP contribution is 2.35. The molecule has 21 heavy (non-hydrogen) atoms. The van der Waals surface area contributed by atoms with E-state index >= 15 is 0 Å². The first-order valence-corrected chi connectivity index (χ1v) is 8.42. The molecule has 1 fully saturated rings. The Morgan fingerprint density at radius 1 is 1.33 bits per heavy atom. The Kier molecular flexibility index (Phi) is 3.88. The standard InChI is InChI=1S/C16H24N4S/c1-10-8-19(4)7-6-13(10)20(5)15-14-11(2)12(3)21-16(14)18-9-17-15/h9-10,13H,6-8H2,1-5H3/t10-,13-/m0/s1. The number of likely N-dealkylation sites (tertiary alicyclic amines) is 1. The van der Waals surface area contributed by atoms with Crippen LogP contribution in [-0.2, 0) is 0 Å². The Labute approximate surface area is 130 Å². The second-order valence-electron chi connectivity index (χ2n) is 6.37. The first kappa shape index (κ1) is 14.7. The monoisotopic (exact) mass is 304 g/mol. The number of anilines is 1. The quantitative estimate of drug-likeness (QED) is 0.853. The number of aryl methyl sites for hydroxylation is 2. The van der Waals surface area contributed by atoms with Gasteiger partial charge in [-0.2, -0.15) is 0 Å². The zero-order valence-corrected chi connectivity index (χ0v) is 14.4. The maximum atomic E-state index is 4.62. The van der Waals surface area contributed by atoms with Gasteiger partial charge in [-0.1, -0.05) is 6.92 Å². The van der Waals surface area contributed by atoms with E-state index in [9.17, 15) is 0 Å². The topological polar surface area (TPSA) is 32.3 Å². The summed E-state index contributed by atoms with van der Waals surface area (Å²) in [4.78, 5) is 16.3. The summed E-state index contributed by atoms with van der Waals surface area (Å²) < 4.78 is 0. The lowest BCUT2D eigenvalue weighted by Gasteiger charge is -2.40. The van der Waals surface area contributed by atoms with Crippen LogP contribution in [0.1, 0.15) is 23.8 Å². The zero-order chi connectivity index (χ0) is 15.1. The number of nitrogens with zero attached hydrogens (tertiary/aromatic N) is 4. The van der Waals surface area contributed by atoms with Crippen LogP contribution in [0.4, 0.5) is 5.82 Å². The molecule has 4 nitrogen and oxygen atoms in total. The van der Waals surface area contributed by atoms with Gasteiger partial charge in [-0.15, -0.1) is 11.3 Å². The molecule has 5 heteroatoms. The smallest absolute Gasteiger partial charge is 0.141 e. The first-order valence-electron chi connectivity index (χ1n) is 7.61. The Morgan fingerprint density at radius 3 is 2.81 bits per heavy atom. The Hall–Kier alpha value is -1.20. The van der Waals surface area contributed by atoms with E-state index in [0.29, 0.717) is 12.0 Å². The Balaban J connectivity index is 2.00.